The summed E-state index contributed by atoms with van der Waals surface area (Å²) in [6.07, 6.45) is 3.86. The minimum Gasteiger partial charge on any atom is -0.508 e. The van der Waals surface area contributed by atoms with Crippen molar-refractivity contribution < 1.29 is 19.5 Å². The van der Waals surface area contributed by atoms with Gasteiger partial charge in [0.05, 0.1) is 12.4 Å². The van der Waals surface area contributed by atoms with Crippen LogP contribution in [-0.2, 0) is 17.7 Å². The zero-order valence-electron chi connectivity index (χ0n) is 41.2. The number of aliphatic hydroxyl groups excluding tert-OH is 1. The number of furan rings is 1. The summed E-state index contributed by atoms with van der Waals surface area (Å²) in [6, 6.07) is 36.1. The normalized spacial score (nSPS) is 12.8. The van der Waals surface area contributed by atoms with E-state index in [2.05, 4.69) is 127 Å². The zero-order chi connectivity index (χ0) is 47.5. The second-order valence-electron chi connectivity index (χ2n) is 19.2. The van der Waals surface area contributed by atoms with Crippen LogP contribution in [0.25, 0.3) is 0 Å². The van der Waals surface area contributed by atoms with Crippen LogP contribution < -0.4 is 11.5 Å². The molecule has 2 heterocycles. The second-order valence-corrected chi connectivity index (χ2v) is 20.2. The topological polar surface area (TPSA) is 127 Å². The lowest BCUT2D eigenvalue weighted by Crippen LogP contribution is -2.25. The molecule has 7 nitrogen and oxygen atoms in total. The number of rotatable bonds is 10. The van der Waals surface area contributed by atoms with Gasteiger partial charge in [-0.25, -0.2) is 0 Å². The highest BCUT2D eigenvalue weighted by Crippen LogP contribution is 2.30. The Morgan fingerprint density at radius 3 is 1.55 bits per heavy atom. The van der Waals surface area contributed by atoms with Crippen molar-refractivity contribution in [3.05, 3.63) is 148 Å². The highest BCUT2D eigenvalue weighted by Gasteiger charge is 2.21. The summed E-state index contributed by atoms with van der Waals surface area (Å²) in [6.45, 7) is 31.5. The smallest absolute Gasteiger partial charge is 0.151 e. The average molecular weight is 872 g/mol. The van der Waals surface area contributed by atoms with Crippen molar-refractivity contribution in [3.8, 4) is 5.75 Å². The maximum absolute atomic E-state index is 9.04. The predicted molar refractivity (Wildman–Crippen MR) is 269 cm³/mol. The van der Waals surface area contributed by atoms with Gasteiger partial charge in [-0.05, 0) is 101 Å². The van der Waals surface area contributed by atoms with Crippen molar-refractivity contribution in [1.82, 2.24) is 0 Å². The van der Waals surface area contributed by atoms with Crippen LogP contribution in [0.1, 0.15) is 143 Å². The van der Waals surface area contributed by atoms with Gasteiger partial charge < -0.3 is 30.9 Å². The molecule has 0 aliphatic carbocycles. The van der Waals surface area contributed by atoms with Crippen molar-refractivity contribution in [3.63, 3.8) is 0 Å². The lowest BCUT2D eigenvalue weighted by atomic mass is 9.83. The second kappa shape index (κ2) is 30.8. The Balaban J connectivity index is 0.000000727. The number of benzene rings is 3. The SMILES string of the molecule is CC(C)(C)C(N)c1ccccc1.CC(C)C(N)c1ccc(O)cc1.CC(C)Cc1ccccc1.CC(C)Cc1cccs1.CC(O)C(C)(C)C.CO/N=C(/c1ccco1)C(C)C. The van der Waals surface area contributed by atoms with Crippen LogP contribution in [-0.4, -0.2) is 29.1 Å². The Labute approximate surface area is 382 Å². The van der Waals surface area contributed by atoms with Crippen LogP contribution in [0.2, 0.25) is 0 Å². The summed E-state index contributed by atoms with van der Waals surface area (Å²) < 4.78 is 5.20. The Kier molecular flexibility index (Phi) is 28.7. The van der Waals surface area contributed by atoms with Crippen molar-refractivity contribution in [2.24, 2.45) is 51.1 Å². The van der Waals surface area contributed by atoms with Crippen molar-refractivity contribution in [2.75, 3.05) is 7.11 Å². The number of thiophene rings is 1. The summed E-state index contributed by atoms with van der Waals surface area (Å²) in [5.74, 6) is 3.35. The standard InChI is InChI=1S/C11H17N.C10H15NO.C10H14.C9H13NO2.C8H12S.C6H14O/c1-11(2,3)10(12)9-7-5-4-6-8-9;1-7(2)10(11)8-3-5-9(12)6-4-8;1-9(2)8-10-6-4-3-5-7-10;1-7(2)9(10-11-3)8-5-4-6-12-8;1-7(2)6-8-4-3-5-9-8;1-5(7)6(2,3)4/h4-8,10H,12H2,1-3H3;3-7,10,12H,11H2,1-2H3;3-7,9H,8H2,1-2H3;4-7H,1-3H3;3-5,7H,6H2,1-2H3;5,7H,1-4H3/b;;;10-9+;;. The van der Waals surface area contributed by atoms with Gasteiger partial charge in [0.25, 0.3) is 0 Å². The first-order chi connectivity index (χ1) is 28.9. The molecule has 5 aromatic rings. The molecular weight excluding hydrogens is 787 g/mol. The first-order valence-corrected chi connectivity index (χ1v) is 23.0. The number of phenolic OH excluding ortho intramolecular Hbond substituents is 1. The quantitative estimate of drug-likeness (QED) is 0.0817. The van der Waals surface area contributed by atoms with Gasteiger partial charge in [0.2, 0.25) is 0 Å². The Bertz CT molecular complexity index is 1790. The maximum Gasteiger partial charge on any atom is 0.151 e. The fourth-order valence-electron chi connectivity index (χ4n) is 5.12. The number of hydrogen-bond acceptors (Lipinski definition) is 8. The van der Waals surface area contributed by atoms with Crippen molar-refractivity contribution in [2.45, 2.75) is 135 Å². The highest BCUT2D eigenvalue weighted by molar-refractivity contribution is 7.09. The van der Waals surface area contributed by atoms with E-state index in [0.717, 1.165) is 28.9 Å². The van der Waals surface area contributed by atoms with Gasteiger partial charge in [-0.3, -0.25) is 0 Å². The number of nitrogens with zero attached hydrogens (tertiary/aromatic N) is 1. The van der Waals surface area contributed by atoms with Gasteiger partial charge in [0, 0.05) is 22.9 Å². The molecule has 62 heavy (non-hydrogen) atoms. The molecule has 8 heteroatoms. The average Bonchev–Trinajstić information content (AvgIpc) is 3.93. The van der Waals surface area contributed by atoms with E-state index in [1.165, 1.54) is 36.0 Å². The fraction of sp³-hybridized carbons (Fsp3) is 0.500. The first-order valence-electron chi connectivity index (χ1n) is 22.1. The third kappa shape index (κ3) is 27.0. The maximum atomic E-state index is 9.04. The van der Waals surface area contributed by atoms with E-state index in [0.29, 0.717) is 11.8 Å². The van der Waals surface area contributed by atoms with Crippen molar-refractivity contribution in [1.29, 1.82) is 0 Å². The van der Waals surface area contributed by atoms with Gasteiger partial charge in [-0.15, -0.1) is 11.3 Å². The number of hydrogen-bond donors (Lipinski definition) is 4. The number of aliphatic hydroxyl groups is 1. The van der Waals surface area contributed by atoms with Gasteiger partial charge in [0.15, 0.2) is 5.76 Å². The molecule has 0 saturated carbocycles. The highest BCUT2D eigenvalue weighted by atomic mass is 32.1. The predicted octanol–water partition coefficient (Wildman–Crippen LogP) is 14.3. The van der Waals surface area contributed by atoms with Crippen LogP contribution >= 0.6 is 11.3 Å². The minimum atomic E-state index is -0.201. The van der Waals surface area contributed by atoms with Crippen LogP contribution in [0.4, 0.5) is 0 Å². The number of oxime groups is 1. The molecule has 0 aliphatic rings. The van der Waals surface area contributed by atoms with Crippen LogP contribution in [0.15, 0.2) is 130 Å². The van der Waals surface area contributed by atoms with Crippen LogP contribution in [0.5, 0.6) is 5.75 Å². The molecular formula is C54H85N3O4S. The molecule has 0 bridgehead atoms. The summed E-state index contributed by atoms with van der Waals surface area (Å²) in [4.78, 5) is 6.22. The molecule has 346 valence electrons. The minimum absolute atomic E-state index is 0.0556. The van der Waals surface area contributed by atoms with Gasteiger partial charge in [-0.2, -0.15) is 0 Å². The molecule has 2 aromatic heterocycles. The van der Waals surface area contributed by atoms with Gasteiger partial charge in [0.1, 0.15) is 18.6 Å². The van der Waals surface area contributed by atoms with E-state index in [1.807, 2.05) is 88.4 Å². The molecule has 0 amide bonds. The molecule has 3 aromatic carbocycles. The lowest BCUT2D eigenvalue weighted by Gasteiger charge is -2.27. The van der Waals surface area contributed by atoms with Crippen molar-refractivity contribution >= 4 is 17.0 Å². The molecule has 3 unspecified atom stereocenters. The van der Waals surface area contributed by atoms with Gasteiger partial charge in [-0.1, -0.05) is 181 Å². The number of phenols is 1. The third-order valence-corrected chi connectivity index (χ3v) is 10.4. The number of nitrogens with two attached hydrogens (primary N) is 2. The zero-order valence-corrected chi connectivity index (χ0v) is 42.0. The van der Waals surface area contributed by atoms with E-state index in [1.54, 1.807) is 25.3 Å². The Morgan fingerprint density at radius 2 is 1.18 bits per heavy atom. The summed E-state index contributed by atoms with van der Waals surface area (Å²) >= 11 is 1.85. The molecule has 0 aliphatic heterocycles. The molecule has 3 atom stereocenters. The largest absolute Gasteiger partial charge is 0.508 e. The number of aromatic hydroxyl groups is 1. The molecule has 5 rings (SSSR count). The molecule has 6 N–H and O–H groups in total. The lowest BCUT2D eigenvalue weighted by molar-refractivity contribution is 0.0801. The van der Waals surface area contributed by atoms with E-state index in [-0.39, 0.29) is 34.8 Å². The summed E-state index contributed by atoms with van der Waals surface area (Å²) in [7, 11) is 1.53. The Hall–Kier alpha value is -4.21. The Morgan fingerprint density at radius 1 is 0.661 bits per heavy atom. The molecule has 0 saturated heterocycles. The van der Waals surface area contributed by atoms with E-state index in [9.17, 15) is 0 Å². The molecule has 0 radical (unpaired) electrons. The van der Waals surface area contributed by atoms with Crippen LogP contribution in [0, 0.1) is 34.5 Å². The fourth-order valence-corrected chi connectivity index (χ4v) is 6.03. The van der Waals surface area contributed by atoms with E-state index < -0.39 is 0 Å². The summed E-state index contributed by atoms with van der Waals surface area (Å²) in [5.41, 5.74) is 16.7. The summed E-state index contributed by atoms with van der Waals surface area (Å²) in [5, 5.41) is 24.0. The van der Waals surface area contributed by atoms with E-state index in [4.69, 9.17) is 30.9 Å². The molecule has 0 spiro atoms. The monoisotopic (exact) mass is 872 g/mol. The first kappa shape index (κ1) is 57.8. The van der Waals surface area contributed by atoms with Gasteiger partial charge >= 0.3 is 0 Å². The van der Waals surface area contributed by atoms with Crippen LogP contribution in [0.3, 0.4) is 0 Å². The third-order valence-electron chi connectivity index (χ3n) is 9.53. The molecule has 0 fully saturated rings. The van der Waals surface area contributed by atoms with E-state index >= 15 is 0 Å².